The van der Waals surface area contributed by atoms with Crippen LogP contribution in [0.3, 0.4) is 0 Å². The quantitative estimate of drug-likeness (QED) is 0.790. The molecule has 1 atom stereocenters. The molecule has 24 heavy (non-hydrogen) atoms. The highest BCUT2D eigenvalue weighted by molar-refractivity contribution is 4.88. The first kappa shape index (κ1) is 17.0. The van der Waals surface area contributed by atoms with Gasteiger partial charge in [0.25, 0.3) is 0 Å². The predicted molar refractivity (Wildman–Crippen MR) is 89.0 cm³/mol. The molecule has 0 bridgehead atoms. The second-order valence-electron chi connectivity index (χ2n) is 6.45. The maximum absolute atomic E-state index is 5.10. The molecule has 0 aromatic carbocycles. The SMILES string of the molecule is CCN(Cc1noc(C)n1)C1CCCN(Cc2ncnn2C)CC1. The number of hydrogen-bond donors (Lipinski definition) is 0. The highest BCUT2D eigenvalue weighted by atomic mass is 16.5. The Hall–Kier alpha value is -1.80. The molecule has 0 aliphatic carbocycles. The topological polar surface area (TPSA) is 76.1 Å². The Morgan fingerprint density at radius 1 is 1.33 bits per heavy atom. The first-order valence-electron chi connectivity index (χ1n) is 8.74. The first-order chi connectivity index (χ1) is 11.7. The van der Waals surface area contributed by atoms with Crippen LogP contribution in [0.5, 0.6) is 0 Å². The highest BCUT2D eigenvalue weighted by Gasteiger charge is 2.23. The molecule has 0 amide bonds. The van der Waals surface area contributed by atoms with Gasteiger partial charge in [0.2, 0.25) is 5.89 Å². The fourth-order valence-electron chi connectivity index (χ4n) is 3.41. The molecule has 8 heteroatoms. The monoisotopic (exact) mass is 333 g/mol. The van der Waals surface area contributed by atoms with Crippen LogP contribution in [0.25, 0.3) is 0 Å². The molecule has 0 spiro atoms. The average Bonchev–Trinajstić information content (AvgIpc) is 3.08. The van der Waals surface area contributed by atoms with Crippen LogP contribution in [-0.4, -0.2) is 60.4 Å². The minimum Gasteiger partial charge on any atom is -0.340 e. The molecule has 1 fully saturated rings. The van der Waals surface area contributed by atoms with Gasteiger partial charge in [-0.3, -0.25) is 14.5 Å². The van der Waals surface area contributed by atoms with Crippen LogP contribution >= 0.6 is 0 Å². The number of aromatic nitrogens is 5. The van der Waals surface area contributed by atoms with Crippen LogP contribution in [0.15, 0.2) is 10.9 Å². The zero-order valence-corrected chi connectivity index (χ0v) is 14.9. The third-order valence-corrected chi connectivity index (χ3v) is 4.80. The van der Waals surface area contributed by atoms with Crippen molar-refractivity contribution >= 4 is 0 Å². The normalized spacial score (nSPS) is 19.8. The third kappa shape index (κ3) is 4.18. The maximum atomic E-state index is 5.10. The van der Waals surface area contributed by atoms with Gasteiger partial charge in [-0.15, -0.1) is 0 Å². The Morgan fingerprint density at radius 2 is 2.21 bits per heavy atom. The minimum atomic E-state index is 0.568. The van der Waals surface area contributed by atoms with E-state index in [1.165, 1.54) is 12.8 Å². The van der Waals surface area contributed by atoms with Gasteiger partial charge in [0.1, 0.15) is 12.2 Å². The Morgan fingerprint density at radius 3 is 2.88 bits per heavy atom. The van der Waals surface area contributed by atoms with Crippen molar-refractivity contribution < 1.29 is 4.52 Å². The summed E-state index contributed by atoms with van der Waals surface area (Å²) >= 11 is 0. The van der Waals surface area contributed by atoms with E-state index in [9.17, 15) is 0 Å². The number of nitrogens with zero attached hydrogens (tertiary/aromatic N) is 7. The van der Waals surface area contributed by atoms with E-state index in [1.807, 2.05) is 18.7 Å². The van der Waals surface area contributed by atoms with Gasteiger partial charge in [0.15, 0.2) is 5.82 Å². The van der Waals surface area contributed by atoms with Crippen molar-refractivity contribution in [3.05, 3.63) is 23.9 Å². The molecule has 3 rings (SSSR count). The Balaban J connectivity index is 1.56. The molecule has 1 saturated heterocycles. The van der Waals surface area contributed by atoms with Crippen molar-refractivity contribution in [1.82, 2.24) is 34.7 Å². The lowest BCUT2D eigenvalue weighted by atomic mass is 10.1. The molecule has 3 heterocycles. The summed E-state index contributed by atoms with van der Waals surface area (Å²) in [5, 5.41) is 8.20. The maximum Gasteiger partial charge on any atom is 0.223 e. The average molecular weight is 333 g/mol. The van der Waals surface area contributed by atoms with Crippen molar-refractivity contribution in [3.8, 4) is 0 Å². The number of aryl methyl sites for hydroxylation is 2. The van der Waals surface area contributed by atoms with Crippen molar-refractivity contribution in [2.45, 2.75) is 52.2 Å². The summed E-state index contributed by atoms with van der Waals surface area (Å²) in [7, 11) is 1.95. The van der Waals surface area contributed by atoms with Crippen molar-refractivity contribution in [2.75, 3.05) is 19.6 Å². The van der Waals surface area contributed by atoms with Gasteiger partial charge in [0, 0.05) is 26.6 Å². The zero-order valence-electron chi connectivity index (χ0n) is 14.9. The van der Waals surface area contributed by atoms with Crippen molar-refractivity contribution in [3.63, 3.8) is 0 Å². The lowest BCUT2D eigenvalue weighted by molar-refractivity contribution is 0.170. The smallest absolute Gasteiger partial charge is 0.223 e. The molecule has 2 aromatic heterocycles. The summed E-state index contributed by atoms with van der Waals surface area (Å²) in [5.74, 6) is 2.45. The van der Waals surface area contributed by atoms with Crippen LogP contribution in [0, 0.1) is 6.92 Å². The molecule has 1 aliphatic rings. The third-order valence-electron chi connectivity index (χ3n) is 4.80. The summed E-state index contributed by atoms with van der Waals surface area (Å²) in [6, 6.07) is 0.568. The highest BCUT2D eigenvalue weighted by Crippen LogP contribution is 2.19. The molecule has 0 saturated carbocycles. The first-order valence-corrected chi connectivity index (χ1v) is 8.74. The molecule has 2 aromatic rings. The van der Waals surface area contributed by atoms with Crippen LogP contribution in [0.1, 0.15) is 43.7 Å². The fraction of sp³-hybridized carbons (Fsp3) is 0.750. The van der Waals surface area contributed by atoms with Gasteiger partial charge in [0.05, 0.1) is 13.1 Å². The van der Waals surface area contributed by atoms with E-state index in [2.05, 4.69) is 36.9 Å². The molecule has 8 nitrogen and oxygen atoms in total. The van der Waals surface area contributed by atoms with Crippen LogP contribution in [-0.2, 0) is 20.1 Å². The van der Waals surface area contributed by atoms with E-state index in [1.54, 1.807) is 6.33 Å². The summed E-state index contributed by atoms with van der Waals surface area (Å²) in [5.41, 5.74) is 0. The molecule has 0 N–H and O–H groups in total. The molecular weight excluding hydrogens is 306 g/mol. The van der Waals surface area contributed by atoms with Crippen LogP contribution < -0.4 is 0 Å². The summed E-state index contributed by atoms with van der Waals surface area (Å²) < 4.78 is 6.96. The lowest BCUT2D eigenvalue weighted by Gasteiger charge is -2.28. The van der Waals surface area contributed by atoms with E-state index in [-0.39, 0.29) is 0 Å². The van der Waals surface area contributed by atoms with E-state index in [0.29, 0.717) is 11.9 Å². The fourth-order valence-corrected chi connectivity index (χ4v) is 3.41. The second kappa shape index (κ2) is 7.85. The molecule has 0 radical (unpaired) electrons. The zero-order chi connectivity index (χ0) is 16.9. The minimum absolute atomic E-state index is 0.568. The van der Waals surface area contributed by atoms with Gasteiger partial charge < -0.3 is 4.52 Å². The molecular formula is C16H27N7O. The van der Waals surface area contributed by atoms with Crippen LogP contribution in [0.2, 0.25) is 0 Å². The van der Waals surface area contributed by atoms with E-state index in [4.69, 9.17) is 4.52 Å². The van der Waals surface area contributed by atoms with Gasteiger partial charge in [-0.25, -0.2) is 4.98 Å². The van der Waals surface area contributed by atoms with Gasteiger partial charge in [-0.2, -0.15) is 10.1 Å². The van der Waals surface area contributed by atoms with Crippen molar-refractivity contribution in [1.29, 1.82) is 0 Å². The Bertz CT molecular complexity index is 638. The van der Waals surface area contributed by atoms with Crippen molar-refractivity contribution in [2.24, 2.45) is 7.05 Å². The molecule has 1 unspecified atom stereocenters. The second-order valence-corrected chi connectivity index (χ2v) is 6.45. The van der Waals surface area contributed by atoms with E-state index >= 15 is 0 Å². The lowest BCUT2D eigenvalue weighted by Crippen LogP contribution is -2.36. The van der Waals surface area contributed by atoms with Gasteiger partial charge in [-0.05, 0) is 32.4 Å². The van der Waals surface area contributed by atoms with E-state index in [0.717, 1.165) is 50.8 Å². The summed E-state index contributed by atoms with van der Waals surface area (Å²) in [6.45, 7) is 8.88. The Kier molecular flexibility index (Phi) is 5.57. The summed E-state index contributed by atoms with van der Waals surface area (Å²) in [4.78, 5) is 13.6. The predicted octanol–water partition coefficient (Wildman–Crippen LogP) is 1.38. The molecule has 132 valence electrons. The van der Waals surface area contributed by atoms with Gasteiger partial charge in [-0.1, -0.05) is 12.1 Å². The largest absolute Gasteiger partial charge is 0.340 e. The number of hydrogen-bond acceptors (Lipinski definition) is 7. The molecule has 1 aliphatic heterocycles. The van der Waals surface area contributed by atoms with E-state index < -0.39 is 0 Å². The van der Waals surface area contributed by atoms with Crippen LogP contribution in [0.4, 0.5) is 0 Å². The number of likely N-dealkylation sites (tertiary alicyclic amines) is 1. The standard InChI is InChI=1S/C16H27N7O/c1-4-23(10-15-19-13(2)24-20-15)14-6-5-8-22(9-7-14)11-16-17-12-18-21(16)3/h12,14H,4-11H2,1-3H3. The Labute approximate surface area is 142 Å². The van der Waals surface area contributed by atoms with Gasteiger partial charge >= 0.3 is 0 Å². The number of rotatable bonds is 6. The summed E-state index contributed by atoms with van der Waals surface area (Å²) in [6.07, 6.45) is 5.19.